The van der Waals surface area contributed by atoms with E-state index < -0.39 is 4.92 Å². The van der Waals surface area contributed by atoms with Crippen molar-refractivity contribution in [3.63, 3.8) is 0 Å². The van der Waals surface area contributed by atoms with Gasteiger partial charge in [-0.3, -0.25) is 14.9 Å². The van der Waals surface area contributed by atoms with E-state index in [1.807, 2.05) is 6.92 Å². The van der Waals surface area contributed by atoms with Gasteiger partial charge in [-0.2, -0.15) is 0 Å². The SMILES string of the molecule is CCC1CCNC(C(=O)Nc2cc(C)ccc2[N+](=O)[O-])C1. The molecule has 0 spiro atoms. The number of aryl methyl sites for hydroxylation is 1. The van der Waals surface area contributed by atoms with Gasteiger partial charge in [0.2, 0.25) is 5.91 Å². The Labute approximate surface area is 124 Å². The molecule has 1 aromatic carbocycles. The number of amides is 1. The minimum absolute atomic E-state index is 0.0724. The van der Waals surface area contributed by atoms with Gasteiger partial charge in [0, 0.05) is 6.07 Å². The minimum atomic E-state index is -0.474. The predicted molar refractivity (Wildman–Crippen MR) is 81.3 cm³/mol. The van der Waals surface area contributed by atoms with Gasteiger partial charge in [0.05, 0.1) is 11.0 Å². The van der Waals surface area contributed by atoms with Crippen LogP contribution in [0, 0.1) is 23.0 Å². The zero-order chi connectivity index (χ0) is 15.4. The van der Waals surface area contributed by atoms with Crippen molar-refractivity contribution in [3.05, 3.63) is 33.9 Å². The molecular weight excluding hydrogens is 270 g/mol. The van der Waals surface area contributed by atoms with Gasteiger partial charge in [-0.25, -0.2) is 0 Å². The van der Waals surface area contributed by atoms with E-state index in [0.29, 0.717) is 5.92 Å². The molecule has 1 fully saturated rings. The molecule has 1 amide bonds. The molecule has 1 aromatic rings. The maximum absolute atomic E-state index is 12.3. The van der Waals surface area contributed by atoms with E-state index in [2.05, 4.69) is 17.6 Å². The largest absolute Gasteiger partial charge is 0.319 e. The molecule has 2 atom stereocenters. The summed E-state index contributed by atoms with van der Waals surface area (Å²) in [5.41, 5.74) is 1.07. The van der Waals surface area contributed by atoms with Crippen LogP contribution in [0.1, 0.15) is 31.7 Å². The van der Waals surface area contributed by atoms with Gasteiger partial charge in [0.25, 0.3) is 5.69 Å². The number of hydrogen-bond acceptors (Lipinski definition) is 4. The van der Waals surface area contributed by atoms with E-state index in [-0.39, 0.29) is 23.3 Å². The Morgan fingerprint density at radius 1 is 1.52 bits per heavy atom. The third kappa shape index (κ3) is 3.78. The molecule has 0 aliphatic carbocycles. The van der Waals surface area contributed by atoms with Gasteiger partial charge in [-0.1, -0.05) is 19.4 Å². The van der Waals surface area contributed by atoms with Crippen molar-refractivity contribution < 1.29 is 9.72 Å². The smallest absolute Gasteiger partial charge is 0.292 e. The van der Waals surface area contributed by atoms with E-state index >= 15 is 0 Å². The number of nitro benzene ring substituents is 1. The Morgan fingerprint density at radius 3 is 2.95 bits per heavy atom. The number of nitrogens with one attached hydrogen (secondary N) is 2. The third-order valence-corrected chi connectivity index (χ3v) is 4.01. The number of rotatable bonds is 4. The minimum Gasteiger partial charge on any atom is -0.319 e. The number of carbonyl (C=O) groups excluding carboxylic acids is 1. The molecule has 1 aliphatic rings. The van der Waals surface area contributed by atoms with Crippen molar-refractivity contribution in [3.8, 4) is 0 Å². The van der Waals surface area contributed by atoms with Crippen LogP contribution >= 0.6 is 0 Å². The summed E-state index contributed by atoms with van der Waals surface area (Å²) in [4.78, 5) is 22.9. The molecule has 2 N–H and O–H groups in total. The number of anilines is 1. The number of nitro groups is 1. The van der Waals surface area contributed by atoms with Gasteiger partial charge >= 0.3 is 0 Å². The first-order chi connectivity index (χ1) is 10.0. The Hall–Kier alpha value is -1.95. The average molecular weight is 291 g/mol. The summed E-state index contributed by atoms with van der Waals surface area (Å²) < 4.78 is 0. The van der Waals surface area contributed by atoms with Gasteiger partial charge in [-0.15, -0.1) is 0 Å². The highest BCUT2D eigenvalue weighted by molar-refractivity contribution is 5.96. The number of carbonyl (C=O) groups is 1. The Morgan fingerprint density at radius 2 is 2.29 bits per heavy atom. The monoisotopic (exact) mass is 291 g/mol. The van der Waals surface area contributed by atoms with Crippen LogP contribution in [0.5, 0.6) is 0 Å². The normalized spacial score (nSPS) is 21.8. The molecule has 0 radical (unpaired) electrons. The zero-order valence-corrected chi connectivity index (χ0v) is 12.4. The van der Waals surface area contributed by atoms with E-state index in [1.165, 1.54) is 6.07 Å². The second-order valence-corrected chi connectivity index (χ2v) is 5.57. The van der Waals surface area contributed by atoms with Gasteiger partial charge in [0.15, 0.2) is 0 Å². The molecule has 114 valence electrons. The van der Waals surface area contributed by atoms with Crippen molar-refractivity contribution in [2.24, 2.45) is 5.92 Å². The highest BCUT2D eigenvalue weighted by atomic mass is 16.6. The quantitative estimate of drug-likeness (QED) is 0.659. The molecule has 0 saturated carbocycles. The highest BCUT2D eigenvalue weighted by Gasteiger charge is 2.27. The predicted octanol–water partition coefficient (Wildman–Crippen LogP) is 2.62. The van der Waals surface area contributed by atoms with Crippen LogP contribution in [0.2, 0.25) is 0 Å². The Balaban J connectivity index is 2.12. The number of hydrogen-bond donors (Lipinski definition) is 2. The zero-order valence-electron chi connectivity index (χ0n) is 12.4. The van der Waals surface area contributed by atoms with Crippen LogP contribution in [0.3, 0.4) is 0 Å². The molecule has 2 rings (SSSR count). The molecule has 2 unspecified atom stereocenters. The second kappa shape index (κ2) is 6.67. The topological polar surface area (TPSA) is 84.3 Å². The first-order valence-corrected chi connectivity index (χ1v) is 7.30. The Bertz CT molecular complexity index is 545. The van der Waals surface area contributed by atoms with Crippen LogP contribution in [-0.2, 0) is 4.79 Å². The third-order valence-electron chi connectivity index (χ3n) is 4.01. The molecule has 1 heterocycles. The second-order valence-electron chi connectivity index (χ2n) is 5.57. The fourth-order valence-electron chi connectivity index (χ4n) is 2.70. The van der Waals surface area contributed by atoms with Crippen molar-refractivity contribution in [1.29, 1.82) is 0 Å². The lowest BCUT2D eigenvalue weighted by Crippen LogP contribution is -2.46. The molecule has 21 heavy (non-hydrogen) atoms. The van der Waals surface area contributed by atoms with E-state index in [4.69, 9.17) is 0 Å². The standard InChI is InChI=1S/C15H21N3O3/c1-3-11-6-7-16-13(9-11)15(19)17-12-8-10(2)4-5-14(12)18(20)21/h4-5,8,11,13,16H,3,6-7,9H2,1-2H3,(H,17,19). The maximum Gasteiger partial charge on any atom is 0.292 e. The van der Waals surface area contributed by atoms with Crippen molar-refractivity contribution in [2.45, 2.75) is 39.2 Å². The van der Waals surface area contributed by atoms with Gasteiger partial charge in [-0.05, 0) is 43.9 Å². The molecule has 1 aliphatic heterocycles. The van der Waals surface area contributed by atoms with Crippen LogP contribution in [0.15, 0.2) is 18.2 Å². The van der Waals surface area contributed by atoms with Crippen LogP contribution in [0.25, 0.3) is 0 Å². The summed E-state index contributed by atoms with van der Waals surface area (Å²) in [6, 6.07) is 4.45. The van der Waals surface area contributed by atoms with E-state index in [0.717, 1.165) is 31.4 Å². The van der Waals surface area contributed by atoms with Crippen molar-refractivity contribution in [1.82, 2.24) is 5.32 Å². The number of benzene rings is 1. The van der Waals surface area contributed by atoms with Crippen molar-refractivity contribution in [2.75, 3.05) is 11.9 Å². The first-order valence-electron chi connectivity index (χ1n) is 7.30. The maximum atomic E-state index is 12.3. The average Bonchev–Trinajstić information content (AvgIpc) is 2.47. The number of nitrogens with zero attached hydrogens (tertiary/aromatic N) is 1. The summed E-state index contributed by atoms with van der Waals surface area (Å²) >= 11 is 0. The number of piperidine rings is 1. The summed E-state index contributed by atoms with van der Waals surface area (Å²) in [5, 5.41) is 16.9. The molecule has 6 heteroatoms. The first kappa shape index (κ1) is 15.4. The van der Waals surface area contributed by atoms with Gasteiger partial charge < -0.3 is 10.6 Å². The summed E-state index contributed by atoms with van der Waals surface area (Å²) in [6.07, 6.45) is 2.91. The molecule has 1 saturated heterocycles. The van der Waals surface area contributed by atoms with Crippen LogP contribution in [0.4, 0.5) is 11.4 Å². The van der Waals surface area contributed by atoms with Crippen molar-refractivity contribution >= 4 is 17.3 Å². The van der Waals surface area contributed by atoms with E-state index in [1.54, 1.807) is 12.1 Å². The van der Waals surface area contributed by atoms with E-state index in [9.17, 15) is 14.9 Å². The lowest BCUT2D eigenvalue weighted by molar-refractivity contribution is -0.383. The summed E-state index contributed by atoms with van der Waals surface area (Å²) in [7, 11) is 0. The molecule has 6 nitrogen and oxygen atoms in total. The summed E-state index contributed by atoms with van der Waals surface area (Å²) in [5.74, 6) is 0.344. The highest BCUT2D eigenvalue weighted by Crippen LogP contribution is 2.26. The molecular formula is C15H21N3O3. The molecule has 0 bridgehead atoms. The molecule has 0 aromatic heterocycles. The van der Waals surface area contributed by atoms with Gasteiger partial charge in [0.1, 0.15) is 5.69 Å². The fourth-order valence-corrected chi connectivity index (χ4v) is 2.70. The summed E-state index contributed by atoms with van der Waals surface area (Å²) in [6.45, 7) is 4.77. The lowest BCUT2D eigenvalue weighted by atomic mass is 9.90. The fraction of sp³-hybridized carbons (Fsp3) is 0.533. The van der Waals surface area contributed by atoms with Crippen LogP contribution in [-0.4, -0.2) is 23.4 Å². The van der Waals surface area contributed by atoms with Crippen LogP contribution < -0.4 is 10.6 Å². The lowest BCUT2D eigenvalue weighted by Gasteiger charge is -2.28. The Kier molecular flexibility index (Phi) is 4.90.